The lowest BCUT2D eigenvalue weighted by molar-refractivity contribution is 0.611. The summed E-state index contributed by atoms with van der Waals surface area (Å²) in [6, 6.07) is 6.74. The predicted octanol–water partition coefficient (Wildman–Crippen LogP) is 2.64. The van der Waals surface area contributed by atoms with Crippen LogP contribution in [0.1, 0.15) is 16.8 Å². The summed E-state index contributed by atoms with van der Waals surface area (Å²) in [5, 5.41) is 6.51. The summed E-state index contributed by atoms with van der Waals surface area (Å²) in [5.74, 6) is 0.553. The van der Waals surface area contributed by atoms with Gasteiger partial charge in [-0.15, -0.1) is 0 Å². The van der Waals surface area contributed by atoms with Crippen LogP contribution in [0.15, 0.2) is 29.0 Å². The summed E-state index contributed by atoms with van der Waals surface area (Å²) in [4.78, 5) is 8.76. The standard InChI is InChI=1S/C14H14BrFN4/c15-14-19-12-5-6-17-8-10(12)13(20-14)18-7-9-3-1-2-4-11(9)16/h1-4,17H,5-8H2,(H,18,19,20). The van der Waals surface area contributed by atoms with Gasteiger partial charge in [0, 0.05) is 37.2 Å². The third kappa shape index (κ3) is 2.81. The van der Waals surface area contributed by atoms with Crippen LogP contribution in [0.2, 0.25) is 0 Å². The fourth-order valence-corrected chi connectivity index (χ4v) is 2.67. The highest BCUT2D eigenvalue weighted by atomic mass is 79.9. The van der Waals surface area contributed by atoms with Crippen LogP contribution in [0.3, 0.4) is 0 Å². The zero-order valence-corrected chi connectivity index (χ0v) is 12.4. The number of nitrogens with one attached hydrogen (secondary N) is 2. The quantitative estimate of drug-likeness (QED) is 0.846. The normalized spacial score (nSPS) is 13.9. The molecule has 0 saturated heterocycles. The lowest BCUT2D eigenvalue weighted by Gasteiger charge is -2.19. The van der Waals surface area contributed by atoms with Crippen molar-refractivity contribution in [1.82, 2.24) is 15.3 Å². The summed E-state index contributed by atoms with van der Waals surface area (Å²) in [7, 11) is 0. The van der Waals surface area contributed by atoms with E-state index in [4.69, 9.17) is 0 Å². The minimum atomic E-state index is -0.208. The number of benzene rings is 1. The number of hydrogen-bond acceptors (Lipinski definition) is 4. The van der Waals surface area contributed by atoms with Gasteiger partial charge in [0.25, 0.3) is 0 Å². The SMILES string of the molecule is Fc1ccccc1CNc1nc(Br)nc2c1CNCC2. The van der Waals surface area contributed by atoms with Gasteiger partial charge in [0.1, 0.15) is 11.6 Å². The Kier molecular flexibility index (Phi) is 3.93. The Bertz CT molecular complexity index is 633. The molecule has 1 aromatic heterocycles. The number of rotatable bonds is 3. The highest BCUT2D eigenvalue weighted by molar-refractivity contribution is 9.10. The minimum Gasteiger partial charge on any atom is -0.365 e. The number of fused-ring (bicyclic) bond motifs is 1. The van der Waals surface area contributed by atoms with E-state index >= 15 is 0 Å². The number of aromatic nitrogens is 2. The molecule has 104 valence electrons. The van der Waals surface area contributed by atoms with Gasteiger partial charge in [-0.25, -0.2) is 14.4 Å². The Labute approximate surface area is 125 Å². The maximum absolute atomic E-state index is 13.6. The molecular weight excluding hydrogens is 323 g/mol. The average molecular weight is 337 g/mol. The van der Waals surface area contributed by atoms with Crippen molar-refractivity contribution >= 4 is 21.7 Å². The molecule has 4 nitrogen and oxygen atoms in total. The molecule has 2 heterocycles. The summed E-state index contributed by atoms with van der Waals surface area (Å²) in [6.07, 6.45) is 0.880. The molecule has 0 saturated carbocycles. The van der Waals surface area contributed by atoms with Crippen molar-refractivity contribution in [2.45, 2.75) is 19.5 Å². The van der Waals surface area contributed by atoms with Gasteiger partial charge in [-0.2, -0.15) is 0 Å². The number of anilines is 1. The topological polar surface area (TPSA) is 49.8 Å². The monoisotopic (exact) mass is 336 g/mol. The second-order valence-corrected chi connectivity index (χ2v) is 5.35. The van der Waals surface area contributed by atoms with Crippen molar-refractivity contribution in [2.24, 2.45) is 0 Å². The highest BCUT2D eigenvalue weighted by Crippen LogP contribution is 2.22. The first kappa shape index (κ1) is 13.5. The van der Waals surface area contributed by atoms with E-state index in [9.17, 15) is 4.39 Å². The second kappa shape index (κ2) is 5.85. The lowest BCUT2D eigenvalue weighted by atomic mass is 10.1. The van der Waals surface area contributed by atoms with Gasteiger partial charge in [-0.05, 0) is 22.0 Å². The molecule has 2 N–H and O–H groups in total. The van der Waals surface area contributed by atoms with E-state index in [0.717, 1.165) is 36.6 Å². The number of nitrogens with zero attached hydrogens (tertiary/aromatic N) is 2. The van der Waals surface area contributed by atoms with Crippen LogP contribution >= 0.6 is 15.9 Å². The molecule has 0 aliphatic carbocycles. The van der Waals surface area contributed by atoms with Gasteiger partial charge >= 0.3 is 0 Å². The lowest BCUT2D eigenvalue weighted by Crippen LogP contribution is -2.26. The molecule has 1 aliphatic heterocycles. The molecule has 1 aromatic carbocycles. The molecule has 0 amide bonds. The van der Waals surface area contributed by atoms with Crippen molar-refractivity contribution in [1.29, 1.82) is 0 Å². The maximum Gasteiger partial charge on any atom is 0.198 e. The van der Waals surface area contributed by atoms with Crippen LogP contribution in [-0.4, -0.2) is 16.5 Å². The van der Waals surface area contributed by atoms with Crippen LogP contribution in [0.4, 0.5) is 10.2 Å². The first-order chi connectivity index (χ1) is 9.74. The van der Waals surface area contributed by atoms with Gasteiger partial charge < -0.3 is 10.6 Å². The third-order valence-corrected chi connectivity index (χ3v) is 3.66. The summed E-state index contributed by atoms with van der Waals surface area (Å²) in [6.45, 7) is 2.06. The van der Waals surface area contributed by atoms with Crippen LogP contribution in [-0.2, 0) is 19.5 Å². The van der Waals surface area contributed by atoms with Crippen LogP contribution in [0.5, 0.6) is 0 Å². The van der Waals surface area contributed by atoms with Gasteiger partial charge in [0.15, 0.2) is 4.73 Å². The van der Waals surface area contributed by atoms with Crippen molar-refractivity contribution in [3.63, 3.8) is 0 Å². The van der Waals surface area contributed by atoms with Crippen molar-refractivity contribution in [3.05, 3.63) is 51.6 Å². The summed E-state index contributed by atoms with van der Waals surface area (Å²) >= 11 is 3.33. The van der Waals surface area contributed by atoms with Crippen molar-refractivity contribution in [3.8, 4) is 0 Å². The molecule has 2 aromatic rings. The molecule has 0 bridgehead atoms. The molecule has 3 rings (SSSR count). The minimum absolute atomic E-state index is 0.208. The Morgan fingerprint density at radius 2 is 2.15 bits per heavy atom. The van der Waals surface area contributed by atoms with Crippen LogP contribution in [0, 0.1) is 5.82 Å². The average Bonchev–Trinajstić information content (AvgIpc) is 2.46. The van der Waals surface area contributed by atoms with E-state index in [-0.39, 0.29) is 5.82 Å². The predicted molar refractivity (Wildman–Crippen MR) is 78.9 cm³/mol. The van der Waals surface area contributed by atoms with E-state index in [1.165, 1.54) is 6.07 Å². The highest BCUT2D eigenvalue weighted by Gasteiger charge is 2.16. The summed E-state index contributed by atoms with van der Waals surface area (Å²) < 4.78 is 14.2. The van der Waals surface area contributed by atoms with E-state index < -0.39 is 0 Å². The maximum atomic E-state index is 13.6. The van der Waals surface area contributed by atoms with Gasteiger partial charge in [-0.3, -0.25) is 0 Å². The zero-order chi connectivity index (χ0) is 13.9. The molecule has 6 heteroatoms. The molecule has 1 aliphatic rings. The number of hydrogen-bond donors (Lipinski definition) is 2. The third-order valence-electron chi connectivity index (χ3n) is 3.31. The fraction of sp³-hybridized carbons (Fsp3) is 0.286. The Hall–Kier alpha value is -1.53. The Morgan fingerprint density at radius 3 is 3.00 bits per heavy atom. The van der Waals surface area contributed by atoms with Crippen LogP contribution in [0.25, 0.3) is 0 Å². The van der Waals surface area contributed by atoms with Gasteiger partial charge in [0.05, 0.1) is 5.69 Å². The van der Waals surface area contributed by atoms with E-state index in [1.807, 2.05) is 6.07 Å². The summed E-state index contributed by atoms with van der Waals surface area (Å²) in [5.41, 5.74) is 2.73. The number of halogens is 2. The zero-order valence-electron chi connectivity index (χ0n) is 10.8. The van der Waals surface area contributed by atoms with E-state index in [0.29, 0.717) is 16.8 Å². The smallest absolute Gasteiger partial charge is 0.198 e. The molecular formula is C14H14BrFN4. The van der Waals surface area contributed by atoms with Crippen molar-refractivity contribution < 1.29 is 4.39 Å². The molecule has 0 atom stereocenters. The molecule has 20 heavy (non-hydrogen) atoms. The molecule has 0 spiro atoms. The molecule has 0 radical (unpaired) electrons. The Morgan fingerprint density at radius 1 is 1.30 bits per heavy atom. The Balaban J connectivity index is 1.84. The second-order valence-electron chi connectivity index (χ2n) is 4.64. The first-order valence-electron chi connectivity index (χ1n) is 6.47. The molecule has 0 fully saturated rings. The van der Waals surface area contributed by atoms with E-state index in [1.54, 1.807) is 12.1 Å². The largest absolute Gasteiger partial charge is 0.365 e. The van der Waals surface area contributed by atoms with Gasteiger partial charge in [-0.1, -0.05) is 18.2 Å². The molecule has 0 unspecified atom stereocenters. The first-order valence-corrected chi connectivity index (χ1v) is 7.26. The van der Waals surface area contributed by atoms with Gasteiger partial charge in [0.2, 0.25) is 0 Å². The van der Waals surface area contributed by atoms with Crippen molar-refractivity contribution in [2.75, 3.05) is 11.9 Å². The van der Waals surface area contributed by atoms with Crippen LogP contribution < -0.4 is 10.6 Å². The fourth-order valence-electron chi connectivity index (χ4n) is 2.28. The van der Waals surface area contributed by atoms with E-state index in [2.05, 4.69) is 36.5 Å².